The number of aliphatic imine (C=N–C) groups is 2. The van der Waals surface area contributed by atoms with Gasteiger partial charge in [-0.1, -0.05) is 194 Å². The van der Waals surface area contributed by atoms with Crippen molar-refractivity contribution in [2.24, 2.45) is 9.98 Å². The number of aromatic nitrogens is 1. The lowest BCUT2D eigenvalue weighted by molar-refractivity contribution is 0.435. The maximum atomic E-state index is 7.19. The number of rotatable bonds is 5. The zero-order chi connectivity index (χ0) is 43.8. The van der Waals surface area contributed by atoms with Gasteiger partial charge in [0.2, 0.25) is 0 Å². The Morgan fingerprint density at radius 2 is 1.06 bits per heavy atom. The summed E-state index contributed by atoms with van der Waals surface area (Å²) in [4.78, 5) is 10.9. The first kappa shape index (κ1) is 38.1. The van der Waals surface area contributed by atoms with Crippen molar-refractivity contribution in [2.45, 2.75) is 25.2 Å². The fourth-order valence-corrected chi connectivity index (χ4v) is 11.0. The summed E-state index contributed by atoms with van der Waals surface area (Å²) in [6, 6.07) is 78.5. The molecule has 0 fully saturated rings. The first-order valence-electron chi connectivity index (χ1n) is 22.9. The Morgan fingerprint density at radius 3 is 1.91 bits per heavy atom. The van der Waals surface area contributed by atoms with Crippen LogP contribution < -0.4 is 4.74 Å². The predicted molar refractivity (Wildman–Crippen MR) is 271 cm³/mol. The van der Waals surface area contributed by atoms with E-state index in [0.29, 0.717) is 5.84 Å². The lowest BCUT2D eigenvalue weighted by Gasteiger charge is -2.45. The standard InChI is InChI=1S/C62H43N3O/c1-40-33-38-54(63-61(64-58(40)43-19-6-3-7-20-43)44-36-34-42(35-37-44)41-17-4-2-5-18-41)46-22-14-21-45(39-46)47-24-15-29-53-60(47)66-57-32-13-10-27-51(57)62(53)50-26-9-12-31-56(50)65-55-30-11-8-23-48(55)49-25-16-28-52(62)59(49)65/h2-32,34-37,39H,33,38H2,1H3/b58-40+,63-54?,64-61?. The highest BCUT2D eigenvalue weighted by atomic mass is 16.5. The average Bonchev–Trinajstić information content (AvgIpc) is 3.72. The molecule has 312 valence electrons. The molecule has 66 heavy (non-hydrogen) atoms. The fourth-order valence-electron chi connectivity index (χ4n) is 11.0. The molecule has 0 bridgehead atoms. The van der Waals surface area contributed by atoms with Gasteiger partial charge in [-0.15, -0.1) is 0 Å². The van der Waals surface area contributed by atoms with Gasteiger partial charge >= 0.3 is 0 Å². The Bertz CT molecular complexity index is 3670. The summed E-state index contributed by atoms with van der Waals surface area (Å²) in [5, 5.41) is 2.51. The lowest BCUT2D eigenvalue weighted by Crippen LogP contribution is -2.37. The number of hydrogen-bond acceptors (Lipinski definition) is 3. The van der Waals surface area contributed by atoms with E-state index in [0.717, 1.165) is 80.3 Å². The molecular weight excluding hydrogens is 803 g/mol. The van der Waals surface area contributed by atoms with E-state index in [1.54, 1.807) is 0 Å². The largest absolute Gasteiger partial charge is 0.456 e. The van der Waals surface area contributed by atoms with E-state index in [1.807, 2.05) is 0 Å². The number of ether oxygens (including phenoxy) is 1. The van der Waals surface area contributed by atoms with Crippen LogP contribution in [0, 0.1) is 0 Å². The molecule has 0 aliphatic carbocycles. The molecule has 0 saturated carbocycles. The van der Waals surface area contributed by atoms with Crippen LogP contribution in [0.15, 0.2) is 234 Å². The first-order chi connectivity index (χ1) is 32.6. The van der Waals surface area contributed by atoms with Gasteiger partial charge in [-0.05, 0) is 83.0 Å². The summed E-state index contributed by atoms with van der Waals surface area (Å²) >= 11 is 0. The molecule has 0 amide bonds. The monoisotopic (exact) mass is 845 g/mol. The van der Waals surface area contributed by atoms with Gasteiger partial charge in [0.25, 0.3) is 0 Å². The van der Waals surface area contributed by atoms with Gasteiger partial charge in [0.05, 0.1) is 33.5 Å². The van der Waals surface area contributed by atoms with Crippen LogP contribution in [0.3, 0.4) is 0 Å². The van der Waals surface area contributed by atoms with E-state index in [2.05, 4.69) is 230 Å². The molecule has 0 N–H and O–H groups in total. The second-order valence-electron chi connectivity index (χ2n) is 17.6. The van der Waals surface area contributed by atoms with Crippen molar-refractivity contribution in [3.63, 3.8) is 0 Å². The Labute approximate surface area is 384 Å². The fraction of sp³-hybridized carbons (Fsp3) is 0.0645. The molecule has 1 atom stereocenters. The number of benzene rings is 9. The Hall–Kier alpha value is -8.34. The second kappa shape index (κ2) is 15.1. The molecule has 4 heteroatoms. The highest BCUT2D eigenvalue weighted by Gasteiger charge is 2.50. The van der Waals surface area contributed by atoms with Gasteiger partial charge in [-0.2, -0.15) is 0 Å². The zero-order valence-electron chi connectivity index (χ0n) is 36.4. The van der Waals surface area contributed by atoms with Crippen molar-refractivity contribution in [3.05, 3.63) is 263 Å². The van der Waals surface area contributed by atoms with Crippen LogP contribution in [-0.4, -0.2) is 16.1 Å². The number of fused-ring (bicyclic) bond motifs is 11. The number of nitrogens with zero attached hydrogens (tertiary/aromatic N) is 3. The molecule has 1 unspecified atom stereocenters. The summed E-state index contributed by atoms with van der Waals surface area (Å²) < 4.78 is 9.67. The molecule has 13 rings (SSSR count). The Morgan fingerprint density at radius 1 is 0.455 bits per heavy atom. The molecule has 1 aromatic heterocycles. The summed E-state index contributed by atoms with van der Waals surface area (Å²) in [5.74, 6) is 2.44. The van der Waals surface area contributed by atoms with Crippen LogP contribution in [0.5, 0.6) is 11.5 Å². The van der Waals surface area contributed by atoms with Gasteiger partial charge in [0.1, 0.15) is 11.5 Å². The van der Waals surface area contributed by atoms with Gasteiger partial charge in [0, 0.05) is 38.6 Å². The van der Waals surface area contributed by atoms with Crippen molar-refractivity contribution in [1.29, 1.82) is 0 Å². The Balaban J connectivity index is 0.984. The highest BCUT2D eigenvalue weighted by Crippen LogP contribution is 2.61. The van der Waals surface area contributed by atoms with Crippen LogP contribution in [0.25, 0.3) is 55.4 Å². The van der Waals surface area contributed by atoms with Crippen LogP contribution in [-0.2, 0) is 5.41 Å². The van der Waals surface area contributed by atoms with Crippen molar-refractivity contribution in [2.75, 3.05) is 0 Å². The lowest BCUT2D eigenvalue weighted by atomic mass is 9.61. The van der Waals surface area contributed by atoms with E-state index in [1.165, 1.54) is 49.8 Å². The van der Waals surface area contributed by atoms with E-state index in [-0.39, 0.29) is 0 Å². The number of allylic oxidation sites excluding steroid dienone is 1. The van der Waals surface area contributed by atoms with Crippen LogP contribution in [0.4, 0.5) is 0 Å². The summed E-state index contributed by atoms with van der Waals surface area (Å²) in [7, 11) is 0. The molecule has 0 saturated heterocycles. The summed E-state index contributed by atoms with van der Waals surface area (Å²) in [6.45, 7) is 2.21. The molecule has 10 aromatic rings. The topological polar surface area (TPSA) is 38.9 Å². The first-order valence-corrected chi connectivity index (χ1v) is 22.9. The minimum Gasteiger partial charge on any atom is -0.456 e. The van der Waals surface area contributed by atoms with E-state index < -0.39 is 5.41 Å². The molecule has 9 aromatic carbocycles. The molecule has 4 heterocycles. The highest BCUT2D eigenvalue weighted by molar-refractivity contribution is 6.15. The molecule has 0 radical (unpaired) electrons. The van der Waals surface area contributed by atoms with Gasteiger partial charge in [0.15, 0.2) is 5.84 Å². The van der Waals surface area contributed by atoms with Crippen molar-refractivity contribution in [3.8, 4) is 39.4 Å². The molecule has 1 spiro atoms. The number of hydrogen-bond donors (Lipinski definition) is 0. The summed E-state index contributed by atoms with van der Waals surface area (Å²) in [5.41, 5.74) is 18.6. The van der Waals surface area contributed by atoms with Crippen molar-refractivity contribution < 1.29 is 4.74 Å². The molecule has 3 aliphatic rings. The molecule has 3 aliphatic heterocycles. The number of amidine groups is 1. The third-order valence-electron chi connectivity index (χ3n) is 14.0. The molecular formula is C62H43N3O. The third kappa shape index (κ3) is 5.78. The minimum absolute atomic E-state index is 0.649. The van der Waals surface area contributed by atoms with Crippen LogP contribution in [0.2, 0.25) is 0 Å². The quantitative estimate of drug-likeness (QED) is 0.170. The van der Waals surface area contributed by atoms with Gasteiger partial charge < -0.3 is 9.30 Å². The Kier molecular flexibility index (Phi) is 8.75. The zero-order valence-corrected chi connectivity index (χ0v) is 36.4. The number of para-hydroxylation sites is 5. The second-order valence-corrected chi connectivity index (χ2v) is 17.6. The van der Waals surface area contributed by atoms with Crippen molar-refractivity contribution >= 4 is 39.1 Å². The van der Waals surface area contributed by atoms with Crippen molar-refractivity contribution in [1.82, 2.24) is 4.57 Å². The maximum absolute atomic E-state index is 7.19. The minimum atomic E-state index is -0.649. The SMILES string of the molecule is C/C1=C(/c2ccccc2)N=C(c2ccc(-c3ccccc3)cc2)N=C(c2cccc(-c3cccc4c3Oc3ccccc3C43c4ccccc4-n4c5ccccc5c5cccc3c54)c2)CC1. The normalized spacial score (nSPS) is 17.2. The maximum Gasteiger partial charge on any atom is 0.160 e. The van der Waals surface area contributed by atoms with Crippen LogP contribution in [0.1, 0.15) is 58.7 Å². The summed E-state index contributed by atoms with van der Waals surface area (Å²) in [6.07, 6.45) is 1.60. The molecule has 4 nitrogen and oxygen atoms in total. The smallest absolute Gasteiger partial charge is 0.160 e. The predicted octanol–water partition coefficient (Wildman–Crippen LogP) is 15.4. The van der Waals surface area contributed by atoms with Gasteiger partial charge in [-0.3, -0.25) is 0 Å². The van der Waals surface area contributed by atoms with E-state index in [4.69, 9.17) is 14.7 Å². The average molecular weight is 846 g/mol. The van der Waals surface area contributed by atoms with E-state index in [9.17, 15) is 0 Å². The van der Waals surface area contributed by atoms with Gasteiger partial charge in [-0.25, -0.2) is 9.98 Å². The van der Waals surface area contributed by atoms with E-state index >= 15 is 0 Å². The third-order valence-corrected chi connectivity index (χ3v) is 14.0. The van der Waals surface area contributed by atoms with Crippen LogP contribution >= 0.6 is 0 Å².